The lowest BCUT2D eigenvalue weighted by atomic mass is 9.79. The molecule has 0 aliphatic carbocycles. The van der Waals surface area contributed by atoms with E-state index in [1.165, 1.54) is 12.1 Å². The second-order valence-corrected chi connectivity index (χ2v) is 10.8. The molecule has 0 saturated carbocycles. The molecule has 3 N–H and O–H groups in total. The Morgan fingerprint density at radius 1 is 0.895 bits per heavy atom. The van der Waals surface area contributed by atoms with Crippen molar-refractivity contribution in [3.8, 4) is 11.5 Å². The summed E-state index contributed by atoms with van der Waals surface area (Å²) in [4.78, 5) is 49.8. The highest BCUT2D eigenvalue weighted by Crippen LogP contribution is 2.38. The van der Waals surface area contributed by atoms with E-state index in [-0.39, 0.29) is 17.4 Å². The van der Waals surface area contributed by atoms with E-state index < -0.39 is 59.2 Å². The van der Waals surface area contributed by atoms with Crippen molar-refractivity contribution in [1.82, 2.24) is 0 Å². The second-order valence-electron chi connectivity index (χ2n) is 10.8. The maximum Gasteiger partial charge on any atom is 0.321 e. The van der Waals surface area contributed by atoms with Crippen molar-refractivity contribution in [3.05, 3.63) is 23.8 Å². The fraction of sp³-hybridized carbons (Fsp3) is 0.655. The van der Waals surface area contributed by atoms with E-state index in [4.69, 9.17) is 19.9 Å². The first-order chi connectivity index (χ1) is 17.6. The number of aliphatic carboxylic acids is 1. The molecule has 0 amide bonds. The SMILES string of the molecule is CCC(C)C(=O)Oc1ccc(C(C(C)C(C)OC(=O)C(C)(C)CC)[C@H](N)C(=O)O)cc1OC(=O)C(C)CC. The Balaban J connectivity index is 3.53. The van der Waals surface area contributed by atoms with E-state index in [1.807, 2.05) is 20.8 Å². The van der Waals surface area contributed by atoms with Crippen molar-refractivity contribution in [3.63, 3.8) is 0 Å². The third-order valence-corrected chi connectivity index (χ3v) is 7.51. The molecular formula is C29H45NO8. The van der Waals surface area contributed by atoms with Crippen LogP contribution in [-0.4, -0.2) is 41.1 Å². The number of carbonyl (C=O) groups is 4. The number of carboxylic acid groups (broad SMARTS) is 1. The number of benzene rings is 1. The lowest BCUT2D eigenvalue weighted by Gasteiger charge is -2.33. The van der Waals surface area contributed by atoms with Gasteiger partial charge in [0.15, 0.2) is 11.5 Å². The number of hydrogen-bond donors (Lipinski definition) is 2. The zero-order valence-electron chi connectivity index (χ0n) is 24.2. The Morgan fingerprint density at radius 2 is 1.39 bits per heavy atom. The van der Waals surface area contributed by atoms with Gasteiger partial charge in [0.1, 0.15) is 12.1 Å². The van der Waals surface area contributed by atoms with Crippen molar-refractivity contribution >= 4 is 23.9 Å². The van der Waals surface area contributed by atoms with Gasteiger partial charge in [-0.05, 0) is 57.7 Å². The van der Waals surface area contributed by atoms with Crippen molar-refractivity contribution < 1.29 is 38.5 Å². The van der Waals surface area contributed by atoms with Crippen LogP contribution in [0.1, 0.15) is 93.1 Å². The van der Waals surface area contributed by atoms with Crippen LogP contribution in [-0.2, 0) is 23.9 Å². The smallest absolute Gasteiger partial charge is 0.321 e. The third-order valence-electron chi connectivity index (χ3n) is 7.51. The minimum absolute atomic E-state index is 0.00370. The number of ether oxygens (including phenoxy) is 3. The van der Waals surface area contributed by atoms with E-state index in [9.17, 15) is 24.3 Å². The van der Waals surface area contributed by atoms with Gasteiger partial charge < -0.3 is 25.1 Å². The summed E-state index contributed by atoms with van der Waals surface area (Å²) in [5, 5.41) is 9.79. The van der Waals surface area contributed by atoms with Gasteiger partial charge in [-0.2, -0.15) is 0 Å². The summed E-state index contributed by atoms with van der Waals surface area (Å²) in [5.74, 6) is -4.69. The number of carbonyl (C=O) groups excluding carboxylic acids is 3. The van der Waals surface area contributed by atoms with Gasteiger partial charge in [-0.25, -0.2) is 0 Å². The summed E-state index contributed by atoms with van der Waals surface area (Å²) >= 11 is 0. The third kappa shape index (κ3) is 8.55. The van der Waals surface area contributed by atoms with Gasteiger partial charge >= 0.3 is 23.9 Å². The maximum atomic E-state index is 12.7. The molecule has 38 heavy (non-hydrogen) atoms. The van der Waals surface area contributed by atoms with Crippen molar-refractivity contribution in [2.45, 2.75) is 99.6 Å². The average Bonchev–Trinajstić information content (AvgIpc) is 2.88. The Morgan fingerprint density at radius 3 is 1.84 bits per heavy atom. The maximum absolute atomic E-state index is 12.7. The highest BCUT2D eigenvalue weighted by Gasteiger charge is 2.37. The summed E-state index contributed by atoms with van der Waals surface area (Å²) < 4.78 is 16.9. The fourth-order valence-corrected chi connectivity index (χ4v) is 3.51. The van der Waals surface area contributed by atoms with Crippen LogP contribution in [0.3, 0.4) is 0 Å². The molecule has 0 spiro atoms. The quantitative estimate of drug-likeness (QED) is 0.246. The summed E-state index contributed by atoms with van der Waals surface area (Å²) in [7, 11) is 0. The number of hydrogen-bond acceptors (Lipinski definition) is 8. The fourth-order valence-electron chi connectivity index (χ4n) is 3.51. The first-order valence-corrected chi connectivity index (χ1v) is 13.4. The average molecular weight is 536 g/mol. The first kappa shape index (κ1) is 33.1. The second kappa shape index (κ2) is 14.3. The Labute approximate surface area is 226 Å². The van der Waals surface area contributed by atoms with E-state index in [0.717, 1.165) is 0 Å². The van der Waals surface area contributed by atoms with Crippen LogP contribution in [0, 0.1) is 23.2 Å². The van der Waals surface area contributed by atoms with E-state index in [0.29, 0.717) is 24.8 Å². The lowest BCUT2D eigenvalue weighted by molar-refractivity contribution is -0.162. The molecule has 0 aliphatic rings. The van der Waals surface area contributed by atoms with Crippen molar-refractivity contribution in [1.29, 1.82) is 0 Å². The standard InChI is InChI=1S/C29H45NO8/c1-10-16(4)26(33)37-21-14-13-20(15-22(21)38-27(34)17(5)11-2)23(24(30)25(31)32)18(6)19(7)36-28(35)29(8,9)12-3/h13-19,23-24H,10-12,30H2,1-9H3,(H,31,32)/t16?,17?,18?,19?,23?,24-/m0/s1. The van der Waals surface area contributed by atoms with Crippen LogP contribution in [0.5, 0.6) is 11.5 Å². The molecule has 0 aromatic heterocycles. The normalized spacial score (nSPS) is 16.4. The summed E-state index contributed by atoms with van der Waals surface area (Å²) in [6, 6.07) is 3.19. The van der Waals surface area contributed by atoms with E-state index in [2.05, 4.69) is 0 Å². The zero-order chi connectivity index (χ0) is 29.4. The van der Waals surface area contributed by atoms with Gasteiger partial charge in [0.25, 0.3) is 0 Å². The van der Waals surface area contributed by atoms with E-state index >= 15 is 0 Å². The Hall–Kier alpha value is -2.94. The molecule has 0 fully saturated rings. The topological polar surface area (TPSA) is 142 Å². The highest BCUT2D eigenvalue weighted by molar-refractivity contribution is 5.79. The first-order valence-electron chi connectivity index (χ1n) is 13.4. The molecule has 9 heteroatoms. The predicted molar refractivity (Wildman–Crippen MR) is 144 cm³/mol. The number of carboxylic acids is 1. The molecule has 0 saturated heterocycles. The molecule has 0 bridgehead atoms. The molecule has 5 unspecified atom stereocenters. The molecule has 1 rings (SSSR count). The van der Waals surface area contributed by atoms with Gasteiger partial charge in [0.2, 0.25) is 0 Å². The lowest BCUT2D eigenvalue weighted by Crippen LogP contribution is -2.43. The van der Waals surface area contributed by atoms with Gasteiger partial charge in [0, 0.05) is 11.8 Å². The van der Waals surface area contributed by atoms with E-state index in [1.54, 1.807) is 47.6 Å². The van der Waals surface area contributed by atoms with Crippen LogP contribution in [0.2, 0.25) is 0 Å². The number of nitrogens with two attached hydrogens (primary N) is 1. The predicted octanol–water partition coefficient (Wildman–Crippen LogP) is 5.09. The summed E-state index contributed by atoms with van der Waals surface area (Å²) in [6.07, 6.45) is 1.02. The Bertz CT molecular complexity index is 989. The zero-order valence-corrected chi connectivity index (χ0v) is 24.2. The minimum Gasteiger partial charge on any atom is -0.480 e. The van der Waals surface area contributed by atoms with Crippen LogP contribution in [0.4, 0.5) is 0 Å². The molecule has 0 aliphatic heterocycles. The van der Waals surface area contributed by atoms with Gasteiger partial charge in [-0.15, -0.1) is 0 Å². The Kier molecular flexibility index (Phi) is 12.4. The summed E-state index contributed by atoms with van der Waals surface area (Å²) in [6.45, 7) is 16.1. The molecule has 6 atom stereocenters. The molecule has 214 valence electrons. The number of esters is 3. The van der Waals surface area contributed by atoms with Crippen molar-refractivity contribution in [2.24, 2.45) is 28.9 Å². The van der Waals surface area contributed by atoms with Crippen LogP contribution in [0.25, 0.3) is 0 Å². The molecule has 9 nitrogen and oxygen atoms in total. The van der Waals surface area contributed by atoms with Gasteiger partial charge in [-0.1, -0.05) is 47.6 Å². The van der Waals surface area contributed by atoms with Crippen molar-refractivity contribution in [2.75, 3.05) is 0 Å². The number of rotatable bonds is 14. The van der Waals surface area contributed by atoms with Gasteiger partial charge in [0.05, 0.1) is 17.3 Å². The molecule has 0 heterocycles. The van der Waals surface area contributed by atoms with Crippen LogP contribution in [0.15, 0.2) is 18.2 Å². The van der Waals surface area contributed by atoms with Crippen LogP contribution < -0.4 is 15.2 Å². The minimum atomic E-state index is -1.35. The molecule has 1 aromatic carbocycles. The molecular weight excluding hydrogens is 490 g/mol. The highest BCUT2D eigenvalue weighted by atomic mass is 16.6. The molecule has 1 aromatic rings. The molecule has 0 radical (unpaired) electrons. The van der Waals surface area contributed by atoms with Gasteiger partial charge in [-0.3, -0.25) is 19.2 Å². The summed E-state index contributed by atoms with van der Waals surface area (Å²) in [5.41, 5.74) is 5.89. The monoisotopic (exact) mass is 535 g/mol. The largest absolute Gasteiger partial charge is 0.480 e. The van der Waals surface area contributed by atoms with Crippen LogP contribution >= 0.6 is 0 Å².